The van der Waals surface area contributed by atoms with Gasteiger partial charge in [-0.25, -0.2) is 4.79 Å². The van der Waals surface area contributed by atoms with Crippen molar-refractivity contribution in [1.82, 2.24) is 0 Å². The molecular weight excluding hydrogens is 444 g/mol. The molecule has 0 bridgehead atoms. The Morgan fingerprint density at radius 3 is 2.30 bits per heavy atom. The molecule has 0 unspecified atom stereocenters. The summed E-state index contributed by atoms with van der Waals surface area (Å²) < 4.78 is 16.8. The number of aromatic hydroxyl groups is 4. The summed E-state index contributed by atoms with van der Waals surface area (Å²) in [6.07, 6.45) is -11.4. The predicted octanol–water partition coefficient (Wildman–Crippen LogP) is -0.537. The lowest BCUT2D eigenvalue weighted by Gasteiger charge is -2.42. The molecule has 0 spiro atoms. The highest BCUT2D eigenvalue weighted by Crippen LogP contribution is 2.44. The van der Waals surface area contributed by atoms with Gasteiger partial charge in [-0.3, -0.25) is 0 Å². The van der Waals surface area contributed by atoms with Crippen molar-refractivity contribution in [3.8, 4) is 28.7 Å². The van der Waals surface area contributed by atoms with Crippen LogP contribution in [0.25, 0.3) is 0 Å². The van der Waals surface area contributed by atoms with Gasteiger partial charge in [-0.1, -0.05) is 6.07 Å². The van der Waals surface area contributed by atoms with Gasteiger partial charge < -0.3 is 55.1 Å². The van der Waals surface area contributed by atoms with Gasteiger partial charge >= 0.3 is 5.97 Å². The van der Waals surface area contributed by atoms with Crippen LogP contribution in [-0.2, 0) is 20.7 Å². The molecule has 0 amide bonds. The molecule has 2 aromatic rings. The van der Waals surface area contributed by atoms with Gasteiger partial charge in [0.05, 0.1) is 0 Å². The molecule has 2 aromatic carbocycles. The summed E-state index contributed by atoms with van der Waals surface area (Å²) >= 11 is 0. The first-order chi connectivity index (χ1) is 15.6. The van der Waals surface area contributed by atoms with Crippen LogP contribution in [0.3, 0.4) is 0 Å². The lowest BCUT2D eigenvalue weighted by Crippen LogP contribution is -2.61. The number of ether oxygens (including phenoxy) is 3. The largest absolute Gasteiger partial charge is 0.508 e. The van der Waals surface area contributed by atoms with Crippen LogP contribution in [0.15, 0.2) is 30.3 Å². The van der Waals surface area contributed by atoms with Crippen molar-refractivity contribution in [2.75, 3.05) is 0 Å². The van der Waals surface area contributed by atoms with E-state index in [0.29, 0.717) is 5.56 Å². The maximum Gasteiger partial charge on any atom is 0.335 e. The number of carboxylic acids is 1. The van der Waals surface area contributed by atoms with E-state index >= 15 is 0 Å². The molecule has 1 saturated heterocycles. The van der Waals surface area contributed by atoms with Gasteiger partial charge in [-0.15, -0.1) is 0 Å². The van der Waals surface area contributed by atoms with E-state index in [0.717, 1.165) is 6.07 Å². The molecule has 0 aromatic heterocycles. The Hall–Kier alpha value is -3.29. The van der Waals surface area contributed by atoms with Gasteiger partial charge in [0.1, 0.15) is 41.7 Å². The molecule has 0 saturated carbocycles. The fourth-order valence-electron chi connectivity index (χ4n) is 3.90. The lowest BCUT2D eigenvalue weighted by molar-refractivity contribution is -0.310. The summed E-state index contributed by atoms with van der Waals surface area (Å²) in [5.41, 5.74) is 0.530. The number of hydrogen-bond donors (Lipinski definition) is 8. The third-order valence-electron chi connectivity index (χ3n) is 5.62. The standard InChI is InChI=1S/C21H22O12/c22-8-4-11(24)9-6-14(32-21-17(28)15(26)16(27)19(33-21)20(29)30)18(31-13(9)5-8)7-1-2-10(23)12(25)3-7/h1-5,14-19,21-28H,6H2,(H,29,30)/t14-,15-,16-,17+,18+,19-,21+/m0/s1. The molecule has 8 N–H and O–H groups in total. The maximum atomic E-state index is 11.4. The lowest BCUT2D eigenvalue weighted by atomic mass is 9.93. The zero-order valence-corrected chi connectivity index (χ0v) is 16.8. The van der Waals surface area contributed by atoms with E-state index < -0.39 is 60.4 Å². The smallest absolute Gasteiger partial charge is 0.335 e. The highest BCUT2D eigenvalue weighted by Gasteiger charge is 2.49. The second kappa shape index (κ2) is 8.57. The third-order valence-corrected chi connectivity index (χ3v) is 5.62. The van der Waals surface area contributed by atoms with E-state index in [1.165, 1.54) is 24.3 Å². The van der Waals surface area contributed by atoms with E-state index in [-0.39, 0.29) is 29.2 Å². The molecule has 12 nitrogen and oxygen atoms in total. The third kappa shape index (κ3) is 4.21. The number of aliphatic hydroxyl groups is 3. The van der Waals surface area contributed by atoms with Crippen LogP contribution >= 0.6 is 0 Å². The van der Waals surface area contributed by atoms with Crippen molar-refractivity contribution < 1.29 is 59.9 Å². The van der Waals surface area contributed by atoms with E-state index in [1.54, 1.807) is 0 Å². The number of aliphatic carboxylic acids is 1. The number of hydrogen-bond acceptors (Lipinski definition) is 11. The molecule has 0 aliphatic carbocycles. The van der Waals surface area contributed by atoms with Gasteiger partial charge in [-0.2, -0.15) is 0 Å². The van der Waals surface area contributed by atoms with Crippen LogP contribution in [0.2, 0.25) is 0 Å². The van der Waals surface area contributed by atoms with E-state index in [1.807, 2.05) is 0 Å². The van der Waals surface area contributed by atoms with Gasteiger partial charge in [-0.05, 0) is 17.7 Å². The first kappa shape index (κ1) is 22.9. The molecule has 2 aliphatic heterocycles. The molecule has 2 heterocycles. The summed E-state index contributed by atoms with van der Waals surface area (Å²) in [6, 6.07) is 6.15. The Bertz CT molecular complexity index is 1060. The molecule has 178 valence electrons. The maximum absolute atomic E-state index is 11.4. The minimum Gasteiger partial charge on any atom is -0.508 e. The zero-order chi connectivity index (χ0) is 24.0. The first-order valence-electron chi connectivity index (χ1n) is 9.88. The number of phenols is 4. The fraction of sp³-hybridized carbons (Fsp3) is 0.381. The Morgan fingerprint density at radius 2 is 1.64 bits per heavy atom. The topological polar surface area (TPSA) is 207 Å². The highest BCUT2D eigenvalue weighted by molar-refractivity contribution is 5.73. The fourth-order valence-corrected chi connectivity index (χ4v) is 3.90. The quantitative estimate of drug-likeness (QED) is 0.267. The van der Waals surface area contributed by atoms with Gasteiger partial charge in [0.15, 0.2) is 30.0 Å². The van der Waals surface area contributed by atoms with E-state index in [9.17, 15) is 45.6 Å². The van der Waals surface area contributed by atoms with Crippen molar-refractivity contribution in [3.05, 3.63) is 41.5 Å². The van der Waals surface area contributed by atoms with E-state index in [2.05, 4.69) is 0 Å². The number of benzene rings is 2. The van der Waals surface area contributed by atoms with Crippen LogP contribution in [0.5, 0.6) is 28.7 Å². The van der Waals surface area contributed by atoms with Gasteiger partial charge in [0, 0.05) is 24.1 Å². The monoisotopic (exact) mass is 466 g/mol. The second-order valence-corrected chi connectivity index (χ2v) is 7.84. The molecule has 33 heavy (non-hydrogen) atoms. The Kier molecular flexibility index (Phi) is 5.95. The number of carboxylic acid groups (broad SMARTS) is 1. The molecular formula is C21H22O12. The Morgan fingerprint density at radius 1 is 0.909 bits per heavy atom. The van der Waals surface area contributed by atoms with Crippen molar-refractivity contribution in [2.45, 2.75) is 49.3 Å². The molecule has 0 radical (unpaired) electrons. The zero-order valence-electron chi connectivity index (χ0n) is 16.8. The minimum atomic E-state index is -1.91. The van der Waals surface area contributed by atoms with E-state index in [4.69, 9.17) is 14.2 Å². The Balaban J connectivity index is 1.69. The average molecular weight is 466 g/mol. The summed E-state index contributed by atoms with van der Waals surface area (Å²) in [5, 5.41) is 79.1. The number of fused-ring (bicyclic) bond motifs is 1. The number of phenolic OH excluding ortho intramolecular Hbond substituents is 4. The van der Waals surface area contributed by atoms with Gasteiger partial charge in [0.25, 0.3) is 0 Å². The minimum absolute atomic E-state index is 0.0727. The van der Waals surface area contributed by atoms with Crippen LogP contribution in [0.4, 0.5) is 0 Å². The summed E-state index contributed by atoms with van der Waals surface area (Å²) in [4.78, 5) is 11.4. The Labute approximate surface area is 186 Å². The molecule has 1 fully saturated rings. The summed E-state index contributed by atoms with van der Waals surface area (Å²) in [5.74, 6) is -2.91. The molecule has 12 heteroatoms. The molecule has 4 rings (SSSR count). The average Bonchev–Trinajstić information content (AvgIpc) is 2.75. The summed E-state index contributed by atoms with van der Waals surface area (Å²) in [7, 11) is 0. The number of aliphatic hydroxyl groups excluding tert-OH is 3. The van der Waals surface area contributed by atoms with Crippen LogP contribution < -0.4 is 4.74 Å². The predicted molar refractivity (Wildman–Crippen MR) is 106 cm³/mol. The molecule has 7 atom stereocenters. The van der Waals surface area contributed by atoms with Crippen LogP contribution in [-0.4, -0.2) is 83.6 Å². The summed E-state index contributed by atoms with van der Waals surface area (Å²) in [6.45, 7) is 0. The van der Waals surface area contributed by atoms with Crippen molar-refractivity contribution in [2.24, 2.45) is 0 Å². The van der Waals surface area contributed by atoms with Crippen LogP contribution in [0.1, 0.15) is 17.2 Å². The van der Waals surface area contributed by atoms with Gasteiger partial charge in [0.2, 0.25) is 0 Å². The highest BCUT2D eigenvalue weighted by atomic mass is 16.7. The van der Waals surface area contributed by atoms with Crippen LogP contribution in [0, 0.1) is 0 Å². The van der Waals surface area contributed by atoms with Crippen molar-refractivity contribution in [1.29, 1.82) is 0 Å². The normalized spacial score (nSPS) is 31.4. The SMILES string of the molecule is O=C(O)[C@H]1O[C@@H](O[C@H]2Cc3c(O)cc(O)cc3O[C@@H]2c2ccc(O)c(O)c2)[C@H](O)[C@@H](O)[C@@H]1O. The second-order valence-electron chi connectivity index (χ2n) is 7.84. The van der Waals surface area contributed by atoms with Crippen molar-refractivity contribution >= 4 is 5.97 Å². The number of rotatable bonds is 4. The van der Waals surface area contributed by atoms with Crippen molar-refractivity contribution in [3.63, 3.8) is 0 Å². The first-order valence-corrected chi connectivity index (χ1v) is 9.88. The number of carbonyl (C=O) groups is 1. The molecule has 2 aliphatic rings.